The lowest BCUT2D eigenvalue weighted by Crippen LogP contribution is -2.50. The van der Waals surface area contributed by atoms with Crippen LogP contribution in [0.5, 0.6) is 0 Å². The highest BCUT2D eigenvalue weighted by atomic mass is 16.5. The summed E-state index contributed by atoms with van der Waals surface area (Å²) in [4.78, 5) is 84.2. The molecule has 24 fully saturated rings. The van der Waals surface area contributed by atoms with E-state index in [-0.39, 0.29) is 21.8 Å². The number of Topliss-reactive ketones (excluding diaryl/α,β-unsaturated/α-hetero) is 6. The van der Waals surface area contributed by atoms with Crippen molar-refractivity contribution < 1.29 is 48.5 Å². The normalized spacial score (nSPS) is 51.7. The minimum atomic E-state index is -0.412. The summed E-state index contributed by atoms with van der Waals surface area (Å²) in [6, 6.07) is 0. The van der Waals surface area contributed by atoms with Gasteiger partial charge in [-0.3, -0.25) is 33.6 Å². The molecule has 23 saturated carbocycles. The Morgan fingerprint density at radius 1 is 0.331 bits per heavy atom. The molecular weight excluding hydrogens is 1640 g/mol. The molecule has 0 spiro atoms. The maximum atomic E-state index is 12.4. The van der Waals surface area contributed by atoms with Gasteiger partial charge in [-0.2, -0.15) is 0 Å². The van der Waals surface area contributed by atoms with Gasteiger partial charge < -0.3 is 14.9 Å². The van der Waals surface area contributed by atoms with Gasteiger partial charge in [-0.15, -0.1) is 0 Å². The number of ketones is 7. The van der Waals surface area contributed by atoms with Gasteiger partial charge in [0.15, 0.2) is 5.78 Å². The van der Waals surface area contributed by atoms with E-state index < -0.39 is 5.60 Å². The SMILES string of the molecule is CC(=O)[C@H]1CCC2C3CCC4C[C@](C)(O)CC[C@@H]4C3CC[C@@]21C.CC1(C)CC[C@@H]2C3CC[C@]4(C)C(=O)CCC4C3CC[C@@H]2C1.CC1CCCO1.CC=C1CCC2C3CC[C@@H]4CC(=O)CC[C@@H]4C3CC[C@]12C.CC=C1CCC2C3CC[C@@H]4C[C@](C)(O)CC[C@@H]4C3CC[C@]12C.C[C@]12CCC3C(CCC4=CC(=O)CC[C@@H]43)C1CCC2=O.C[C@]12CCC3C(CC[C@@H]4CC(=O)CC[C@H]34)C1CCC2=O. The second kappa shape index (κ2) is 38.5. The Morgan fingerprint density at radius 3 is 1.11 bits per heavy atom. The van der Waals surface area contributed by atoms with Crippen molar-refractivity contribution in [1.82, 2.24) is 0 Å². The van der Waals surface area contributed by atoms with Gasteiger partial charge >= 0.3 is 0 Å². The van der Waals surface area contributed by atoms with Crippen LogP contribution in [0.25, 0.3) is 0 Å². The maximum Gasteiger partial charge on any atom is 0.155 e. The third kappa shape index (κ3) is 18.4. The Bertz CT molecular complexity index is 4350. The van der Waals surface area contributed by atoms with E-state index in [2.05, 4.69) is 95.2 Å². The Morgan fingerprint density at radius 2 is 0.692 bits per heavy atom. The van der Waals surface area contributed by atoms with Gasteiger partial charge in [0.2, 0.25) is 0 Å². The second-order valence-corrected chi connectivity index (χ2v) is 55.4. The lowest BCUT2D eigenvalue weighted by molar-refractivity contribution is -0.135. The van der Waals surface area contributed by atoms with E-state index in [1.165, 1.54) is 230 Å². The summed E-state index contributed by atoms with van der Waals surface area (Å²) in [7, 11) is 0. The van der Waals surface area contributed by atoms with Crippen molar-refractivity contribution in [2.75, 3.05) is 6.61 Å². The lowest BCUT2D eigenvalue weighted by atomic mass is 9.49. The zero-order valence-corrected chi connectivity index (χ0v) is 86.9. The van der Waals surface area contributed by atoms with Gasteiger partial charge in [-0.1, -0.05) is 84.3 Å². The standard InChI is InChI=1S/C21H34O2.C21H34O.C20H32O.C20H30O.C18H26O2.C18H24O2.C5H10O/c1-13(22)18-6-7-19-17-5-4-14-12-20(2,23)10-8-15(14)16(17)9-11-21(18,19)3;1-4-15-6-8-19-18-7-5-14-13-20(2,22)11-9-16(14)17(18)10-12-21(15,19)3;1-19(2)10-8-14-13(12-19)4-5-16-15(14)9-11-20(3)17(16)6-7-18(20)21;1-3-14-5-9-19-18-7-4-13-12-15(21)6-8-16(13)17(18)10-11-20(14,19)2;2*1-18-9-8-14-13-5-3-12(19)10-11(13)2-4-15(14)16(18)6-7-17(18)20;1-5-3-2-4-6-5/h14-19,23H,4-12H2,1-3H3;4,14,16-19,22H,5-13H2,1-3H3;13-17H,4-12H2,1-3H3;3,13,16-19H,4-12H2,1-2H3;11,13-16H,2-10H2,1H3;10,13-16H,2-9H2,1H3;5H,2-4H2,1H3/t14?,15-,16?,17?,18+,19?,20+,21+;14-,16+,17?,18?,19?,20-,21-;13-,14+,15?,16?,17?,20+;13-,16+,17?,18?,19?,20-;11-,13+,14?,15?,16?,18+;13-,14?,15?,16?,18-;/m011110./s1. The summed E-state index contributed by atoms with van der Waals surface area (Å²) in [5, 5.41) is 20.9. The van der Waals surface area contributed by atoms with E-state index in [0.29, 0.717) is 97.8 Å². The molecule has 25 rings (SSSR count). The highest BCUT2D eigenvalue weighted by Gasteiger charge is 2.65. The third-order valence-corrected chi connectivity index (χ3v) is 49.0. The average Bonchev–Trinajstić information content (AvgIpc) is 1.64. The first-order chi connectivity index (χ1) is 63.4. The van der Waals surface area contributed by atoms with E-state index in [4.69, 9.17) is 4.74 Å². The molecule has 1 heterocycles. The van der Waals surface area contributed by atoms with Crippen LogP contribution in [0.3, 0.4) is 0 Å². The molecule has 25 aliphatic rings. The van der Waals surface area contributed by atoms with Gasteiger partial charge in [0.05, 0.1) is 17.3 Å². The van der Waals surface area contributed by atoms with Crippen LogP contribution in [-0.2, 0) is 38.3 Å². The largest absolute Gasteiger partial charge is 0.390 e. The molecule has 10 heteroatoms. The number of fused-ring (bicyclic) bond motifs is 30. The van der Waals surface area contributed by atoms with E-state index in [1.807, 2.05) is 19.9 Å². The fourth-order valence-corrected chi connectivity index (χ4v) is 42.3. The molecule has 20 unspecified atom stereocenters. The zero-order valence-electron chi connectivity index (χ0n) is 86.9. The smallest absolute Gasteiger partial charge is 0.155 e. The molecule has 0 aromatic carbocycles. The van der Waals surface area contributed by atoms with E-state index in [0.717, 1.165) is 283 Å². The van der Waals surface area contributed by atoms with Crippen molar-refractivity contribution in [2.45, 2.75) is 467 Å². The molecule has 10 nitrogen and oxygen atoms in total. The highest BCUT2D eigenvalue weighted by molar-refractivity contribution is 5.92. The second-order valence-electron chi connectivity index (χ2n) is 55.4. The van der Waals surface area contributed by atoms with Crippen LogP contribution in [0, 0.1) is 215 Å². The Hall–Kier alpha value is -3.21. The Kier molecular flexibility index (Phi) is 28.5. The first-order valence-electron chi connectivity index (χ1n) is 58.1. The number of aliphatic hydroxyl groups is 2. The molecule has 1 aliphatic heterocycles. The van der Waals surface area contributed by atoms with Crippen LogP contribution in [0.4, 0.5) is 0 Å². The predicted octanol–water partition coefficient (Wildman–Crippen LogP) is 29.0. The fourth-order valence-electron chi connectivity index (χ4n) is 42.3. The van der Waals surface area contributed by atoms with Crippen LogP contribution in [0.2, 0.25) is 0 Å². The fraction of sp³-hybridized carbons (Fsp3) is 0.894. The molecule has 0 radical (unpaired) electrons. The molecule has 39 atom stereocenters. The minimum Gasteiger partial charge on any atom is -0.390 e. The first kappa shape index (κ1) is 98.6. The molecule has 1 saturated heterocycles. The van der Waals surface area contributed by atoms with Crippen molar-refractivity contribution >= 4 is 40.5 Å². The number of carbonyl (C=O) groups is 7. The predicted molar refractivity (Wildman–Crippen MR) is 534 cm³/mol. The summed E-state index contributed by atoms with van der Waals surface area (Å²) in [5.74, 6) is 28.3. The monoisotopic (exact) mass is 1830 g/mol. The molecule has 0 aromatic heterocycles. The van der Waals surface area contributed by atoms with Crippen molar-refractivity contribution in [1.29, 1.82) is 0 Å². The number of ether oxygens (including phenoxy) is 1. The first-order valence-corrected chi connectivity index (χ1v) is 58.1. The summed E-state index contributed by atoms with van der Waals surface area (Å²) >= 11 is 0. The molecule has 2 N–H and O–H groups in total. The molecule has 742 valence electrons. The van der Waals surface area contributed by atoms with Gasteiger partial charge in [0, 0.05) is 80.1 Å². The quantitative estimate of drug-likeness (QED) is 0.241. The summed E-state index contributed by atoms with van der Waals surface area (Å²) in [6.07, 6.45) is 74.2. The summed E-state index contributed by atoms with van der Waals surface area (Å²) in [5.41, 5.74) is 6.18. The Balaban J connectivity index is 0.000000102. The molecule has 0 amide bonds. The molecule has 24 aliphatic carbocycles. The molecule has 133 heavy (non-hydrogen) atoms. The summed E-state index contributed by atoms with van der Waals surface area (Å²) in [6.45, 7) is 32.9. The lowest BCUT2D eigenvalue weighted by Gasteiger charge is -2.56. The number of hydrogen-bond donors (Lipinski definition) is 2. The van der Waals surface area contributed by atoms with E-state index in [1.54, 1.807) is 11.1 Å². The number of rotatable bonds is 1. The number of carbonyl (C=O) groups excluding carboxylic acids is 7. The molecular formula is C123H190O10. The van der Waals surface area contributed by atoms with Crippen molar-refractivity contribution in [2.24, 2.45) is 215 Å². The summed E-state index contributed by atoms with van der Waals surface area (Å²) < 4.78 is 5.15. The Labute approximate surface area is 808 Å². The van der Waals surface area contributed by atoms with Crippen molar-refractivity contribution in [3.8, 4) is 0 Å². The van der Waals surface area contributed by atoms with Crippen LogP contribution >= 0.6 is 0 Å². The number of allylic oxidation sites excluding steroid dienone is 5. The molecule has 0 bridgehead atoms. The van der Waals surface area contributed by atoms with E-state index in [9.17, 15) is 43.8 Å². The maximum absolute atomic E-state index is 12.4. The molecule has 0 aromatic rings. The van der Waals surface area contributed by atoms with Crippen molar-refractivity contribution in [3.63, 3.8) is 0 Å². The average molecular weight is 1830 g/mol. The number of hydrogen-bond acceptors (Lipinski definition) is 10. The van der Waals surface area contributed by atoms with Crippen LogP contribution in [0.1, 0.15) is 450 Å². The van der Waals surface area contributed by atoms with Crippen LogP contribution < -0.4 is 0 Å². The van der Waals surface area contributed by atoms with E-state index >= 15 is 0 Å². The van der Waals surface area contributed by atoms with Gasteiger partial charge in [-0.25, -0.2) is 0 Å². The van der Waals surface area contributed by atoms with Crippen LogP contribution in [-0.4, -0.2) is 74.6 Å². The van der Waals surface area contributed by atoms with Gasteiger partial charge in [0.1, 0.15) is 34.7 Å². The minimum absolute atomic E-state index is 0.00707. The third-order valence-electron chi connectivity index (χ3n) is 49.0. The van der Waals surface area contributed by atoms with Gasteiger partial charge in [0.25, 0.3) is 0 Å². The van der Waals surface area contributed by atoms with Crippen molar-refractivity contribution in [3.05, 3.63) is 34.9 Å². The van der Waals surface area contributed by atoms with Gasteiger partial charge in [-0.05, 0) is 543 Å². The van der Waals surface area contributed by atoms with Crippen LogP contribution in [0.15, 0.2) is 34.9 Å². The topological polar surface area (TPSA) is 169 Å². The zero-order chi connectivity index (χ0) is 93.6. The highest BCUT2D eigenvalue weighted by Crippen LogP contribution is 2.71.